The number of hydrogen-bond acceptors (Lipinski definition) is 7. The van der Waals surface area contributed by atoms with Crippen molar-refractivity contribution in [2.75, 3.05) is 7.11 Å². The second kappa shape index (κ2) is 9.58. The van der Waals surface area contributed by atoms with Crippen LogP contribution in [0.15, 0.2) is 76.2 Å². The molecular formula is C23H21ClN4O3S. The summed E-state index contributed by atoms with van der Waals surface area (Å²) in [6.07, 6.45) is 3.52. The molecule has 0 saturated carbocycles. The molecule has 0 bridgehead atoms. The van der Waals surface area contributed by atoms with Crippen molar-refractivity contribution in [2.45, 2.75) is 25.9 Å². The maximum absolute atomic E-state index is 12.7. The highest BCUT2D eigenvalue weighted by Gasteiger charge is 2.41. The van der Waals surface area contributed by atoms with Gasteiger partial charge in [-0.15, -0.1) is 0 Å². The molecule has 164 valence electrons. The summed E-state index contributed by atoms with van der Waals surface area (Å²) >= 11 is 7.94. The van der Waals surface area contributed by atoms with Gasteiger partial charge in [0.1, 0.15) is 0 Å². The maximum atomic E-state index is 12.7. The van der Waals surface area contributed by atoms with E-state index in [1.54, 1.807) is 25.4 Å². The summed E-state index contributed by atoms with van der Waals surface area (Å²) in [5.41, 5.74) is 3.35. The fraction of sp³-hybridized carbons (Fsp3) is 0.217. The zero-order valence-corrected chi connectivity index (χ0v) is 19.1. The first-order valence-corrected chi connectivity index (χ1v) is 11.2. The number of aliphatic imine (C=N–C) groups is 1. The largest absolute Gasteiger partial charge is 0.466 e. The lowest BCUT2D eigenvalue weighted by Gasteiger charge is -2.36. The highest BCUT2D eigenvalue weighted by atomic mass is 35.5. The molecule has 3 heterocycles. The number of esters is 1. The molecule has 0 fully saturated rings. The van der Waals surface area contributed by atoms with Crippen molar-refractivity contribution in [3.05, 3.63) is 87.3 Å². The SMILES string of the molecule is COC(=O)C1=C(C)N=C2SC=C(CC(=O)NCc3cccnc3)N2C1c1ccccc1Cl. The van der Waals surface area contributed by atoms with Crippen LogP contribution in [0.4, 0.5) is 0 Å². The van der Waals surface area contributed by atoms with Gasteiger partial charge in [-0.1, -0.05) is 47.6 Å². The second-order valence-corrected chi connectivity index (χ2v) is 8.46. The number of nitrogens with one attached hydrogen (secondary N) is 1. The lowest BCUT2D eigenvalue weighted by Crippen LogP contribution is -2.38. The number of halogens is 1. The number of amides is 1. The number of rotatable bonds is 6. The number of nitrogens with zero attached hydrogens (tertiary/aromatic N) is 3. The van der Waals surface area contributed by atoms with Crippen molar-refractivity contribution in [1.29, 1.82) is 0 Å². The number of aromatic nitrogens is 1. The van der Waals surface area contributed by atoms with Crippen molar-refractivity contribution >= 4 is 40.4 Å². The van der Waals surface area contributed by atoms with E-state index in [9.17, 15) is 9.59 Å². The minimum Gasteiger partial charge on any atom is -0.466 e. The number of hydrogen-bond donors (Lipinski definition) is 1. The second-order valence-electron chi connectivity index (χ2n) is 7.22. The number of amidine groups is 1. The number of carbonyl (C=O) groups is 2. The molecule has 1 aromatic carbocycles. The number of pyridine rings is 1. The number of thioether (sulfide) groups is 1. The van der Waals surface area contributed by atoms with Gasteiger partial charge in [0.05, 0.1) is 30.8 Å². The van der Waals surface area contributed by atoms with Gasteiger partial charge in [0.15, 0.2) is 5.17 Å². The van der Waals surface area contributed by atoms with E-state index in [0.29, 0.717) is 28.0 Å². The molecule has 0 aliphatic carbocycles. The van der Waals surface area contributed by atoms with Crippen molar-refractivity contribution in [3.63, 3.8) is 0 Å². The van der Waals surface area contributed by atoms with Crippen molar-refractivity contribution < 1.29 is 14.3 Å². The number of benzene rings is 1. The molecule has 4 rings (SSSR count). The highest BCUT2D eigenvalue weighted by Crippen LogP contribution is 2.46. The summed E-state index contributed by atoms with van der Waals surface area (Å²) in [6, 6.07) is 10.5. The van der Waals surface area contributed by atoms with Gasteiger partial charge in [-0.25, -0.2) is 9.79 Å². The van der Waals surface area contributed by atoms with Crippen LogP contribution >= 0.6 is 23.4 Å². The van der Waals surface area contributed by atoms with E-state index in [2.05, 4.69) is 15.3 Å². The molecule has 32 heavy (non-hydrogen) atoms. The first kappa shape index (κ1) is 22.1. The molecule has 1 aromatic heterocycles. The minimum atomic E-state index is -0.545. The van der Waals surface area contributed by atoms with Gasteiger partial charge in [0.25, 0.3) is 0 Å². The summed E-state index contributed by atoms with van der Waals surface area (Å²) in [7, 11) is 1.34. The molecule has 1 unspecified atom stereocenters. The van der Waals surface area contributed by atoms with E-state index in [4.69, 9.17) is 16.3 Å². The predicted octanol–water partition coefficient (Wildman–Crippen LogP) is 4.19. The zero-order chi connectivity index (χ0) is 22.7. The molecule has 2 aromatic rings. The molecule has 9 heteroatoms. The average Bonchev–Trinajstić information content (AvgIpc) is 3.19. The summed E-state index contributed by atoms with van der Waals surface area (Å²) in [5, 5.41) is 6.01. The Morgan fingerprint density at radius 2 is 2.06 bits per heavy atom. The van der Waals surface area contributed by atoms with Crippen molar-refractivity contribution in [1.82, 2.24) is 15.2 Å². The summed E-state index contributed by atoms with van der Waals surface area (Å²) in [6.45, 7) is 2.16. The number of fused-ring (bicyclic) bond motifs is 1. The molecule has 2 aliphatic rings. The van der Waals surface area contributed by atoms with E-state index < -0.39 is 12.0 Å². The Hall–Kier alpha value is -3.10. The molecular weight excluding hydrogens is 448 g/mol. The van der Waals surface area contributed by atoms with Crippen LogP contribution in [-0.2, 0) is 20.9 Å². The van der Waals surface area contributed by atoms with Crippen LogP contribution in [-0.4, -0.2) is 34.0 Å². The Morgan fingerprint density at radius 1 is 1.25 bits per heavy atom. The van der Waals surface area contributed by atoms with E-state index in [0.717, 1.165) is 16.8 Å². The molecule has 7 nitrogen and oxygen atoms in total. The standard InChI is InChI=1S/C23H21ClN4O3S/c1-14-20(22(30)31-2)21(17-7-3-4-8-18(17)24)28-16(13-32-23(28)27-14)10-19(29)26-12-15-6-5-9-25-11-15/h3-9,11,13,21H,10,12H2,1-2H3,(H,26,29). The Kier molecular flexibility index (Phi) is 6.62. The predicted molar refractivity (Wildman–Crippen MR) is 125 cm³/mol. The molecule has 2 aliphatic heterocycles. The van der Waals surface area contributed by atoms with E-state index in [1.165, 1.54) is 18.9 Å². The third-order valence-corrected chi connectivity index (χ3v) is 6.39. The van der Waals surface area contributed by atoms with Crippen LogP contribution in [0, 0.1) is 0 Å². The van der Waals surface area contributed by atoms with Gasteiger partial charge in [-0.05, 0) is 35.6 Å². The van der Waals surface area contributed by atoms with Crippen LogP contribution in [0.5, 0.6) is 0 Å². The van der Waals surface area contributed by atoms with Crippen molar-refractivity contribution in [2.24, 2.45) is 4.99 Å². The normalized spacial score (nSPS) is 17.5. The van der Waals surface area contributed by atoms with Crippen LogP contribution in [0.3, 0.4) is 0 Å². The Morgan fingerprint density at radius 3 is 2.78 bits per heavy atom. The van der Waals surface area contributed by atoms with Gasteiger partial charge in [0.2, 0.25) is 5.91 Å². The van der Waals surface area contributed by atoms with Crippen LogP contribution in [0.25, 0.3) is 0 Å². The summed E-state index contributed by atoms with van der Waals surface area (Å²) in [4.78, 5) is 36.0. The van der Waals surface area contributed by atoms with E-state index in [1.807, 2.05) is 40.6 Å². The molecule has 0 spiro atoms. The third kappa shape index (κ3) is 4.42. The lowest BCUT2D eigenvalue weighted by atomic mass is 9.94. The van der Waals surface area contributed by atoms with Crippen LogP contribution in [0.2, 0.25) is 5.02 Å². The summed E-state index contributed by atoms with van der Waals surface area (Å²) in [5.74, 6) is -0.627. The zero-order valence-electron chi connectivity index (χ0n) is 17.5. The Labute approximate surface area is 195 Å². The number of allylic oxidation sites excluding steroid dienone is 1. The first-order valence-electron chi connectivity index (χ1n) is 9.92. The number of methoxy groups -OCH3 is 1. The molecule has 1 atom stereocenters. The monoisotopic (exact) mass is 468 g/mol. The fourth-order valence-electron chi connectivity index (χ4n) is 3.66. The quantitative estimate of drug-likeness (QED) is 0.640. The first-order chi connectivity index (χ1) is 15.5. The molecule has 0 saturated heterocycles. The van der Waals surface area contributed by atoms with E-state index >= 15 is 0 Å². The van der Waals surface area contributed by atoms with Crippen LogP contribution in [0.1, 0.15) is 30.5 Å². The minimum absolute atomic E-state index is 0.126. The smallest absolute Gasteiger partial charge is 0.338 e. The van der Waals surface area contributed by atoms with Gasteiger partial charge in [-0.3, -0.25) is 9.78 Å². The van der Waals surface area contributed by atoms with Gasteiger partial charge >= 0.3 is 5.97 Å². The molecule has 1 N–H and O–H groups in total. The van der Waals surface area contributed by atoms with Gasteiger partial charge < -0.3 is 15.0 Å². The van der Waals surface area contributed by atoms with Gasteiger partial charge in [-0.2, -0.15) is 0 Å². The number of ether oxygens (including phenoxy) is 1. The third-order valence-electron chi connectivity index (χ3n) is 5.16. The van der Waals surface area contributed by atoms with E-state index in [-0.39, 0.29) is 12.3 Å². The highest BCUT2D eigenvalue weighted by molar-refractivity contribution is 8.16. The molecule has 0 radical (unpaired) electrons. The van der Waals surface area contributed by atoms with Gasteiger partial charge in [0, 0.05) is 29.7 Å². The number of carbonyl (C=O) groups excluding carboxylic acids is 2. The maximum Gasteiger partial charge on any atom is 0.338 e. The Bertz CT molecular complexity index is 1150. The fourth-order valence-corrected chi connectivity index (χ4v) is 4.87. The Balaban J connectivity index is 1.62. The van der Waals surface area contributed by atoms with Crippen molar-refractivity contribution in [3.8, 4) is 0 Å². The van der Waals surface area contributed by atoms with Crippen LogP contribution < -0.4 is 5.32 Å². The molecule has 1 amide bonds. The summed E-state index contributed by atoms with van der Waals surface area (Å²) < 4.78 is 5.06. The topological polar surface area (TPSA) is 83.9 Å². The average molecular weight is 469 g/mol. The lowest BCUT2D eigenvalue weighted by molar-refractivity contribution is -0.136.